The summed E-state index contributed by atoms with van der Waals surface area (Å²) < 4.78 is 43.2. The third kappa shape index (κ3) is 2.41. The highest BCUT2D eigenvalue weighted by Crippen LogP contribution is 2.48. The molecule has 3 nitrogen and oxygen atoms in total. The van der Waals surface area contributed by atoms with Crippen LogP contribution >= 0.6 is 0 Å². The van der Waals surface area contributed by atoms with E-state index >= 15 is 0 Å². The summed E-state index contributed by atoms with van der Waals surface area (Å²) in [5.41, 5.74) is 0.989. The minimum atomic E-state index is -3.77. The Labute approximate surface area is 112 Å². The van der Waals surface area contributed by atoms with Gasteiger partial charge in [0.05, 0.1) is 11.0 Å². The molecule has 104 valence electrons. The van der Waals surface area contributed by atoms with Crippen LogP contribution in [0.5, 0.6) is 0 Å². The monoisotopic (exact) mass is 284 g/mol. The SMILES string of the molecule is Cc1ccc(S(=O)(=O)O[C@H]2CC3CC2[C@H](F)C3)cc1. The maximum atomic E-state index is 13.6. The molecule has 2 aliphatic carbocycles. The van der Waals surface area contributed by atoms with E-state index in [1.165, 1.54) is 12.1 Å². The van der Waals surface area contributed by atoms with Crippen molar-refractivity contribution in [2.24, 2.45) is 11.8 Å². The van der Waals surface area contributed by atoms with Gasteiger partial charge in [0.15, 0.2) is 0 Å². The molecule has 4 atom stereocenters. The molecule has 0 aromatic heterocycles. The van der Waals surface area contributed by atoms with E-state index in [1.807, 2.05) is 6.92 Å². The predicted molar refractivity (Wildman–Crippen MR) is 69.0 cm³/mol. The zero-order valence-electron chi connectivity index (χ0n) is 10.8. The summed E-state index contributed by atoms with van der Waals surface area (Å²) in [6, 6.07) is 6.53. The average Bonchev–Trinajstić information content (AvgIpc) is 2.87. The minimum absolute atomic E-state index is 0.149. The number of rotatable bonds is 3. The molecule has 3 rings (SSSR count). The number of aryl methyl sites for hydroxylation is 1. The van der Waals surface area contributed by atoms with E-state index in [4.69, 9.17) is 4.18 Å². The van der Waals surface area contributed by atoms with Gasteiger partial charge in [-0.15, -0.1) is 0 Å². The lowest BCUT2D eigenvalue weighted by atomic mass is 9.96. The molecule has 5 heteroatoms. The maximum absolute atomic E-state index is 13.6. The first-order valence-electron chi connectivity index (χ1n) is 6.60. The van der Waals surface area contributed by atoms with E-state index in [2.05, 4.69) is 0 Å². The van der Waals surface area contributed by atoms with Crippen molar-refractivity contribution in [3.63, 3.8) is 0 Å². The molecule has 2 bridgehead atoms. The van der Waals surface area contributed by atoms with Gasteiger partial charge in [0.1, 0.15) is 6.17 Å². The average molecular weight is 284 g/mol. The number of benzene rings is 1. The molecule has 0 N–H and O–H groups in total. The number of halogens is 1. The van der Waals surface area contributed by atoms with Crippen LogP contribution in [0.15, 0.2) is 29.2 Å². The fourth-order valence-corrected chi connectivity index (χ4v) is 4.36. The second-order valence-corrected chi connectivity index (χ2v) is 7.23. The Balaban J connectivity index is 1.77. The summed E-state index contributed by atoms with van der Waals surface area (Å²) in [6.45, 7) is 1.89. The summed E-state index contributed by atoms with van der Waals surface area (Å²) in [5.74, 6) is 0.0449. The molecule has 2 aliphatic rings. The fourth-order valence-electron chi connectivity index (χ4n) is 3.24. The lowest BCUT2D eigenvalue weighted by molar-refractivity contribution is 0.0875. The van der Waals surface area contributed by atoms with Crippen molar-refractivity contribution in [3.8, 4) is 0 Å². The van der Waals surface area contributed by atoms with Crippen molar-refractivity contribution >= 4 is 10.1 Å². The third-order valence-electron chi connectivity index (χ3n) is 4.23. The summed E-state index contributed by atoms with van der Waals surface area (Å²) in [7, 11) is -3.77. The molecule has 0 aliphatic heterocycles. The van der Waals surface area contributed by atoms with Crippen LogP contribution in [-0.2, 0) is 14.3 Å². The lowest BCUT2D eigenvalue weighted by Crippen LogP contribution is -2.30. The lowest BCUT2D eigenvalue weighted by Gasteiger charge is -2.24. The highest BCUT2D eigenvalue weighted by molar-refractivity contribution is 7.86. The Morgan fingerprint density at radius 2 is 1.84 bits per heavy atom. The Bertz CT molecular complexity index is 567. The Morgan fingerprint density at radius 3 is 2.42 bits per heavy atom. The van der Waals surface area contributed by atoms with Crippen molar-refractivity contribution in [1.29, 1.82) is 0 Å². The normalized spacial score (nSPS) is 33.8. The van der Waals surface area contributed by atoms with Crippen molar-refractivity contribution in [2.45, 2.75) is 43.4 Å². The van der Waals surface area contributed by atoms with Gasteiger partial charge in [-0.2, -0.15) is 8.42 Å². The molecule has 0 radical (unpaired) electrons. The number of fused-ring (bicyclic) bond motifs is 2. The smallest absolute Gasteiger partial charge is 0.263 e. The van der Waals surface area contributed by atoms with Crippen LogP contribution in [-0.4, -0.2) is 20.7 Å². The fraction of sp³-hybridized carbons (Fsp3) is 0.571. The molecular weight excluding hydrogens is 267 g/mol. The molecular formula is C14H17FO3S. The second-order valence-electron chi connectivity index (χ2n) is 5.65. The van der Waals surface area contributed by atoms with Gasteiger partial charge in [-0.05, 0) is 44.2 Å². The summed E-state index contributed by atoms with van der Waals surface area (Å²) >= 11 is 0. The molecule has 1 aromatic rings. The first-order chi connectivity index (χ1) is 8.95. The first kappa shape index (κ1) is 13.1. The van der Waals surface area contributed by atoms with Crippen molar-refractivity contribution in [3.05, 3.63) is 29.8 Å². The quantitative estimate of drug-likeness (QED) is 0.802. The molecule has 2 saturated carbocycles. The highest BCUT2D eigenvalue weighted by Gasteiger charge is 2.48. The summed E-state index contributed by atoms with van der Waals surface area (Å²) in [5, 5.41) is 0. The summed E-state index contributed by atoms with van der Waals surface area (Å²) in [6.07, 6.45) is 0.595. The van der Waals surface area contributed by atoms with Gasteiger partial charge in [-0.3, -0.25) is 4.18 Å². The van der Waals surface area contributed by atoms with Crippen LogP contribution in [0.3, 0.4) is 0 Å². The van der Waals surface area contributed by atoms with Gasteiger partial charge >= 0.3 is 0 Å². The number of hydrogen-bond donors (Lipinski definition) is 0. The van der Waals surface area contributed by atoms with Crippen LogP contribution in [0, 0.1) is 18.8 Å². The second kappa shape index (κ2) is 4.56. The zero-order valence-corrected chi connectivity index (χ0v) is 11.6. The predicted octanol–water partition coefficient (Wildman–Crippen LogP) is 2.84. The van der Waals surface area contributed by atoms with Gasteiger partial charge in [-0.25, -0.2) is 4.39 Å². The third-order valence-corrected chi connectivity index (χ3v) is 5.58. The van der Waals surface area contributed by atoms with Crippen molar-refractivity contribution in [2.75, 3.05) is 0 Å². The minimum Gasteiger partial charge on any atom is -0.263 e. The molecule has 1 aromatic carbocycles. The van der Waals surface area contributed by atoms with Gasteiger partial charge in [0.25, 0.3) is 10.1 Å². The molecule has 0 saturated heterocycles. The molecule has 19 heavy (non-hydrogen) atoms. The van der Waals surface area contributed by atoms with E-state index in [9.17, 15) is 12.8 Å². The first-order valence-corrected chi connectivity index (χ1v) is 8.00. The number of alkyl halides is 1. The molecule has 0 spiro atoms. The Hall–Kier alpha value is -0.940. The molecule has 2 fully saturated rings. The van der Waals surface area contributed by atoms with Crippen LogP contribution in [0.2, 0.25) is 0 Å². The highest BCUT2D eigenvalue weighted by atomic mass is 32.2. The summed E-state index contributed by atoms with van der Waals surface area (Å²) in [4.78, 5) is 0.149. The van der Waals surface area contributed by atoms with E-state index in [0.717, 1.165) is 12.0 Å². The molecule has 0 heterocycles. The topological polar surface area (TPSA) is 43.4 Å². The molecule has 0 amide bonds. The molecule has 2 unspecified atom stereocenters. The van der Waals surface area contributed by atoms with Gasteiger partial charge in [-0.1, -0.05) is 17.7 Å². The van der Waals surface area contributed by atoms with E-state index < -0.39 is 22.4 Å². The van der Waals surface area contributed by atoms with Crippen LogP contribution in [0.4, 0.5) is 4.39 Å². The Kier molecular flexibility index (Phi) is 3.14. The van der Waals surface area contributed by atoms with Gasteiger partial charge in [0, 0.05) is 5.92 Å². The maximum Gasteiger partial charge on any atom is 0.297 e. The van der Waals surface area contributed by atoms with E-state index in [-0.39, 0.29) is 10.8 Å². The Morgan fingerprint density at radius 1 is 1.16 bits per heavy atom. The van der Waals surface area contributed by atoms with Gasteiger partial charge in [0.2, 0.25) is 0 Å². The van der Waals surface area contributed by atoms with Crippen LogP contribution in [0.25, 0.3) is 0 Å². The van der Waals surface area contributed by atoms with Crippen LogP contribution in [0.1, 0.15) is 24.8 Å². The number of hydrogen-bond acceptors (Lipinski definition) is 3. The van der Waals surface area contributed by atoms with E-state index in [0.29, 0.717) is 18.8 Å². The standard InChI is InChI=1S/C14H17FO3S/c1-9-2-4-11(5-3-9)19(16,17)18-14-8-10-6-12(14)13(15)7-10/h2-5,10,12-14H,6-8H2,1H3/t10?,12?,13-,14+/m1/s1. The van der Waals surface area contributed by atoms with Crippen molar-refractivity contribution in [1.82, 2.24) is 0 Å². The zero-order chi connectivity index (χ0) is 13.6. The van der Waals surface area contributed by atoms with E-state index in [1.54, 1.807) is 12.1 Å². The van der Waals surface area contributed by atoms with Crippen LogP contribution < -0.4 is 0 Å². The largest absolute Gasteiger partial charge is 0.297 e. The van der Waals surface area contributed by atoms with Gasteiger partial charge < -0.3 is 0 Å². The van der Waals surface area contributed by atoms with Crippen molar-refractivity contribution < 1.29 is 17.0 Å².